The van der Waals surface area contributed by atoms with Crippen LogP contribution >= 0.6 is 23.8 Å². The summed E-state index contributed by atoms with van der Waals surface area (Å²) in [7, 11) is 0. The van der Waals surface area contributed by atoms with E-state index in [4.69, 9.17) is 16.3 Å². The number of rotatable bonds is 2. The summed E-state index contributed by atoms with van der Waals surface area (Å²) in [6.07, 6.45) is 2.55. The molecule has 46 valence electrons. The van der Waals surface area contributed by atoms with E-state index in [9.17, 15) is 0 Å². The van der Waals surface area contributed by atoms with E-state index in [1.165, 1.54) is 12.8 Å². The molecule has 1 aliphatic rings. The fourth-order valence-electron chi connectivity index (χ4n) is 0.468. The van der Waals surface area contributed by atoms with Gasteiger partial charge < -0.3 is 4.74 Å². The van der Waals surface area contributed by atoms with E-state index in [2.05, 4.69) is 12.2 Å². The van der Waals surface area contributed by atoms with Gasteiger partial charge in [-0.2, -0.15) is 0 Å². The molecule has 1 fully saturated rings. The third-order valence-electron chi connectivity index (χ3n) is 1.13. The summed E-state index contributed by atoms with van der Waals surface area (Å²) in [5.41, 5.74) is 0. The maximum Gasteiger partial charge on any atom is 0.255 e. The predicted octanol–water partition coefficient (Wildman–Crippen LogP) is 1.94. The van der Waals surface area contributed by atoms with Gasteiger partial charge in [0.15, 0.2) is 0 Å². The standard InChI is InChI=1S/C5H7ClOS/c6-5(8)7-3-4-1-2-4/h4H,1-3H2. The molecule has 0 N–H and O–H groups in total. The van der Waals surface area contributed by atoms with Gasteiger partial charge in [0, 0.05) is 0 Å². The number of hydrogen-bond acceptors (Lipinski definition) is 2. The fraction of sp³-hybridized carbons (Fsp3) is 0.800. The molecule has 0 spiro atoms. The average Bonchev–Trinajstić information content (AvgIpc) is 2.41. The summed E-state index contributed by atoms with van der Waals surface area (Å²) in [6.45, 7) is 0.725. The van der Waals surface area contributed by atoms with Gasteiger partial charge in [-0.25, -0.2) is 0 Å². The summed E-state index contributed by atoms with van der Waals surface area (Å²) in [5, 5.41) is 0. The van der Waals surface area contributed by atoms with E-state index in [0.29, 0.717) is 0 Å². The van der Waals surface area contributed by atoms with Gasteiger partial charge in [-0.05, 0) is 42.6 Å². The molecule has 0 radical (unpaired) electrons. The molecular weight excluding hydrogens is 144 g/mol. The number of hydrogen-bond donors (Lipinski definition) is 0. The number of halogens is 1. The highest BCUT2D eigenvalue weighted by Gasteiger charge is 2.21. The maximum atomic E-state index is 5.26. The van der Waals surface area contributed by atoms with Crippen molar-refractivity contribution in [2.45, 2.75) is 12.8 Å². The van der Waals surface area contributed by atoms with Crippen molar-refractivity contribution in [1.82, 2.24) is 0 Å². The van der Waals surface area contributed by atoms with E-state index < -0.39 is 0 Å². The van der Waals surface area contributed by atoms with Crippen molar-refractivity contribution < 1.29 is 4.74 Å². The van der Waals surface area contributed by atoms with Crippen molar-refractivity contribution in [2.24, 2.45) is 5.92 Å². The predicted molar refractivity (Wildman–Crippen MR) is 37.1 cm³/mol. The van der Waals surface area contributed by atoms with E-state index in [-0.39, 0.29) is 4.51 Å². The lowest BCUT2D eigenvalue weighted by Crippen LogP contribution is -1.96. The Morgan fingerprint density at radius 3 is 2.75 bits per heavy atom. The van der Waals surface area contributed by atoms with E-state index in [0.717, 1.165) is 12.5 Å². The van der Waals surface area contributed by atoms with Crippen molar-refractivity contribution in [1.29, 1.82) is 0 Å². The monoisotopic (exact) mass is 150 g/mol. The van der Waals surface area contributed by atoms with Gasteiger partial charge in [0.2, 0.25) is 0 Å². The third-order valence-corrected chi connectivity index (χ3v) is 1.36. The molecule has 1 nitrogen and oxygen atoms in total. The molecule has 0 amide bonds. The first-order chi connectivity index (χ1) is 3.79. The zero-order valence-corrected chi connectivity index (χ0v) is 5.97. The third kappa shape index (κ3) is 2.48. The van der Waals surface area contributed by atoms with Crippen molar-refractivity contribution in [3.63, 3.8) is 0 Å². The minimum absolute atomic E-state index is 0.150. The van der Waals surface area contributed by atoms with Crippen molar-refractivity contribution in [2.75, 3.05) is 6.61 Å². The molecule has 1 saturated carbocycles. The Labute approximate surface area is 59.0 Å². The van der Waals surface area contributed by atoms with Crippen LogP contribution in [0.4, 0.5) is 0 Å². The Balaban J connectivity index is 1.95. The van der Waals surface area contributed by atoms with Crippen LogP contribution in [0.15, 0.2) is 0 Å². The van der Waals surface area contributed by atoms with Gasteiger partial charge in [-0.15, -0.1) is 0 Å². The lowest BCUT2D eigenvalue weighted by Gasteiger charge is -1.96. The molecule has 0 unspecified atom stereocenters. The van der Waals surface area contributed by atoms with Crippen LogP contribution in [-0.2, 0) is 4.74 Å². The summed E-state index contributed by atoms with van der Waals surface area (Å²) < 4.78 is 5.01. The van der Waals surface area contributed by atoms with Crippen LogP contribution in [0.5, 0.6) is 0 Å². The van der Waals surface area contributed by atoms with Crippen LogP contribution in [0.2, 0.25) is 0 Å². The Kier molecular flexibility index (Phi) is 2.08. The van der Waals surface area contributed by atoms with Crippen LogP contribution in [0, 0.1) is 5.92 Å². The topological polar surface area (TPSA) is 9.23 Å². The van der Waals surface area contributed by atoms with Crippen molar-refractivity contribution in [3.8, 4) is 0 Å². The molecule has 1 rings (SSSR count). The molecule has 0 bridgehead atoms. The minimum Gasteiger partial charge on any atom is -0.475 e. The quantitative estimate of drug-likeness (QED) is 0.440. The summed E-state index contributed by atoms with van der Waals surface area (Å²) >= 11 is 9.74. The highest BCUT2D eigenvalue weighted by atomic mass is 35.5. The zero-order chi connectivity index (χ0) is 5.98. The molecule has 0 atom stereocenters. The van der Waals surface area contributed by atoms with Crippen LogP contribution in [0.1, 0.15) is 12.8 Å². The number of thiocarbonyl (C=S) groups is 1. The summed E-state index contributed by atoms with van der Waals surface area (Å²) in [5.74, 6) is 0.742. The van der Waals surface area contributed by atoms with Gasteiger partial charge in [-0.3, -0.25) is 0 Å². The molecule has 0 heterocycles. The molecule has 0 aromatic carbocycles. The lowest BCUT2D eigenvalue weighted by molar-refractivity contribution is 0.302. The van der Waals surface area contributed by atoms with E-state index >= 15 is 0 Å². The van der Waals surface area contributed by atoms with Crippen LogP contribution in [-0.4, -0.2) is 11.1 Å². The Bertz CT molecular complexity index is 101. The van der Waals surface area contributed by atoms with Gasteiger partial charge in [0.05, 0.1) is 6.61 Å². The Morgan fingerprint density at radius 2 is 2.38 bits per heavy atom. The largest absolute Gasteiger partial charge is 0.475 e. The van der Waals surface area contributed by atoms with Crippen LogP contribution < -0.4 is 0 Å². The fourth-order valence-corrected chi connectivity index (χ4v) is 0.599. The maximum absolute atomic E-state index is 5.26. The zero-order valence-electron chi connectivity index (χ0n) is 4.39. The Morgan fingerprint density at radius 1 is 1.75 bits per heavy atom. The lowest BCUT2D eigenvalue weighted by atomic mass is 10.5. The first-order valence-corrected chi connectivity index (χ1v) is 3.40. The van der Waals surface area contributed by atoms with Gasteiger partial charge in [-0.1, -0.05) is 0 Å². The second-order valence-corrected chi connectivity index (χ2v) is 2.93. The van der Waals surface area contributed by atoms with Crippen molar-refractivity contribution >= 4 is 28.3 Å². The molecule has 1 aliphatic carbocycles. The second kappa shape index (κ2) is 2.65. The molecule has 0 aliphatic heterocycles. The van der Waals surface area contributed by atoms with E-state index in [1.807, 2.05) is 0 Å². The molecule has 8 heavy (non-hydrogen) atoms. The average molecular weight is 151 g/mol. The molecule has 0 aromatic rings. The van der Waals surface area contributed by atoms with Crippen molar-refractivity contribution in [3.05, 3.63) is 0 Å². The first-order valence-electron chi connectivity index (χ1n) is 2.61. The van der Waals surface area contributed by atoms with Gasteiger partial charge in [0.1, 0.15) is 0 Å². The molecule has 3 heteroatoms. The minimum atomic E-state index is 0.150. The first kappa shape index (κ1) is 6.30. The van der Waals surface area contributed by atoms with Gasteiger partial charge >= 0.3 is 0 Å². The summed E-state index contributed by atoms with van der Waals surface area (Å²) in [6, 6.07) is 0. The normalized spacial score (nSPS) is 18.1. The molecule has 0 saturated heterocycles. The second-order valence-electron chi connectivity index (χ2n) is 1.99. The van der Waals surface area contributed by atoms with Crippen LogP contribution in [0.25, 0.3) is 0 Å². The summed E-state index contributed by atoms with van der Waals surface area (Å²) in [4.78, 5) is 0. The van der Waals surface area contributed by atoms with E-state index in [1.54, 1.807) is 0 Å². The SMILES string of the molecule is S=C(Cl)OCC1CC1. The molecular formula is C5H7ClOS. The Hall–Kier alpha value is 0.180. The highest BCUT2D eigenvalue weighted by Crippen LogP contribution is 2.28. The number of ether oxygens (including phenoxy) is 1. The highest BCUT2D eigenvalue weighted by molar-refractivity contribution is 7.82. The smallest absolute Gasteiger partial charge is 0.255 e. The van der Waals surface area contributed by atoms with Crippen LogP contribution in [0.3, 0.4) is 0 Å². The molecule has 0 aromatic heterocycles. The van der Waals surface area contributed by atoms with Gasteiger partial charge in [0.25, 0.3) is 4.51 Å².